The SMILES string of the molecule is CCc1ccc(N(c2[nH]c3cc(C#N)ccc3c2C)C2CCCC2)cc1F.O=C=O. The summed E-state index contributed by atoms with van der Waals surface area (Å²) >= 11 is 0. The van der Waals surface area contributed by atoms with Crippen LogP contribution < -0.4 is 4.90 Å². The molecule has 1 heterocycles. The number of aromatic nitrogens is 1. The zero-order valence-electron chi connectivity index (χ0n) is 17.2. The molecule has 0 aliphatic heterocycles. The van der Waals surface area contributed by atoms with Crippen molar-refractivity contribution in [3.05, 3.63) is 58.9 Å². The number of rotatable bonds is 4. The number of hydrogen-bond donors (Lipinski definition) is 1. The molecule has 154 valence electrons. The predicted octanol–water partition coefficient (Wildman–Crippen LogP) is 5.55. The molecule has 1 N–H and O–H groups in total. The normalized spacial score (nSPS) is 13.4. The number of hydrogen-bond acceptors (Lipinski definition) is 4. The lowest BCUT2D eigenvalue weighted by Crippen LogP contribution is -2.29. The molecule has 0 unspecified atom stereocenters. The summed E-state index contributed by atoms with van der Waals surface area (Å²) < 4.78 is 14.5. The molecule has 1 saturated carbocycles. The minimum absolute atomic E-state index is 0.140. The van der Waals surface area contributed by atoms with Crippen LogP contribution in [0.5, 0.6) is 0 Å². The van der Waals surface area contributed by atoms with E-state index in [1.807, 2.05) is 37.3 Å². The van der Waals surface area contributed by atoms with Crippen LogP contribution >= 0.6 is 0 Å². The average molecular weight is 405 g/mol. The molecule has 0 spiro atoms. The van der Waals surface area contributed by atoms with Gasteiger partial charge in [-0.25, -0.2) is 4.39 Å². The van der Waals surface area contributed by atoms with E-state index in [4.69, 9.17) is 9.59 Å². The molecule has 4 rings (SSSR count). The first-order valence-corrected chi connectivity index (χ1v) is 10.1. The average Bonchev–Trinajstić information content (AvgIpc) is 3.38. The summed E-state index contributed by atoms with van der Waals surface area (Å²) in [6, 6.07) is 13.9. The van der Waals surface area contributed by atoms with Gasteiger partial charge >= 0.3 is 6.15 Å². The van der Waals surface area contributed by atoms with Gasteiger partial charge in [-0.05, 0) is 61.6 Å². The van der Waals surface area contributed by atoms with Crippen LogP contribution in [0.1, 0.15) is 49.3 Å². The van der Waals surface area contributed by atoms with Gasteiger partial charge in [0.05, 0.1) is 11.6 Å². The molecule has 3 aromatic rings. The van der Waals surface area contributed by atoms with Gasteiger partial charge in [-0.2, -0.15) is 14.9 Å². The molecule has 5 nitrogen and oxygen atoms in total. The van der Waals surface area contributed by atoms with E-state index in [2.05, 4.69) is 22.9 Å². The van der Waals surface area contributed by atoms with Crippen molar-refractivity contribution >= 4 is 28.6 Å². The molecule has 1 fully saturated rings. The molecule has 6 heteroatoms. The molecule has 2 aromatic carbocycles. The van der Waals surface area contributed by atoms with Crippen LogP contribution in [0.15, 0.2) is 36.4 Å². The fourth-order valence-corrected chi connectivity index (χ4v) is 4.29. The highest BCUT2D eigenvalue weighted by Gasteiger charge is 2.27. The highest BCUT2D eigenvalue weighted by Crippen LogP contribution is 2.39. The van der Waals surface area contributed by atoms with E-state index in [9.17, 15) is 9.65 Å². The maximum atomic E-state index is 14.5. The lowest BCUT2D eigenvalue weighted by Gasteiger charge is -2.31. The van der Waals surface area contributed by atoms with Crippen LogP contribution in [-0.2, 0) is 16.0 Å². The second-order valence-corrected chi connectivity index (χ2v) is 7.49. The largest absolute Gasteiger partial charge is 0.373 e. The van der Waals surface area contributed by atoms with Crippen molar-refractivity contribution in [1.82, 2.24) is 4.98 Å². The highest BCUT2D eigenvalue weighted by molar-refractivity contribution is 5.91. The summed E-state index contributed by atoms with van der Waals surface area (Å²) in [5.41, 5.74) is 4.38. The monoisotopic (exact) mass is 405 g/mol. The third-order valence-corrected chi connectivity index (χ3v) is 5.79. The zero-order chi connectivity index (χ0) is 21.7. The van der Waals surface area contributed by atoms with Crippen LogP contribution in [0.3, 0.4) is 0 Å². The van der Waals surface area contributed by atoms with Crippen molar-refractivity contribution in [3.63, 3.8) is 0 Å². The number of benzene rings is 2. The van der Waals surface area contributed by atoms with E-state index >= 15 is 0 Å². The summed E-state index contributed by atoms with van der Waals surface area (Å²) in [6.07, 6.45) is 5.56. The Labute approximate surface area is 175 Å². The van der Waals surface area contributed by atoms with Crippen molar-refractivity contribution in [2.45, 2.75) is 52.0 Å². The van der Waals surface area contributed by atoms with Crippen LogP contribution in [0.2, 0.25) is 0 Å². The third kappa shape index (κ3) is 4.12. The fourth-order valence-electron chi connectivity index (χ4n) is 4.29. The predicted molar refractivity (Wildman–Crippen MR) is 113 cm³/mol. The zero-order valence-corrected chi connectivity index (χ0v) is 17.2. The van der Waals surface area contributed by atoms with Gasteiger partial charge in [0.1, 0.15) is 11.6 Å². The quantitative estimate of drug-likeness (QED) is 0.618. The summed E-state index contributed by atoms with van der Waals surface area (Å²) in [6.45, 7) is 4.07. The Morgan fingerprint density at radius 2 is 1.87 bits per heavy atom. The van der Waals surface area contributed by atoms with Crippen molar-refractivity contribution in [3.8, 4) is 6.07 Å². The molecular formula is C24H24FN3O2. The van der Waals surface area contributed by atoms with E-state index < -0.39 is 0 Å². The van der Waals surface area contributed by atoms with Crippen LogP contribution in [0, 0.1) is 24.1 Å². The van der Waals surface area contributed by atoms with E-state index in [0.717, 1.165) is 46.4 Å². The number of fused-ring (bicyclic) bond motifs is 1. The van der Waals surface area contributed by atoms with Gasteiger partial charge in [0.25, 0.3) is 0 Å². The minimum atomic E-state index is -0.140. The maximum absolute atomic E-state index is 14.5. The summed E-state index contributed by atoms with van der Waals surface area (Å²) in [7, 11) is 0. The molecule has 1 aliphatic carbocycles. The van der Waals surface area contributed by atoms with Gasteiger partial charge in [0.2, 0.25) is 0 Å². The van der Waals surface area contributed by atoms with Crippen molar-refractivity contribution in [1.29, 1.82) is 5.26 Å². The summed E-state index contributed by atoms with van der Waals surface area (Å²) in [4.78, 5) is 22.0. The minimum Gasteiger partial charge on any atom is -0.341 e. The number of anilines is 2. The molecule has 0 radical (unpaired) electrons. The molecule has 30 heavy (non-hydrogen) atoms. The number of nitrogens with one attached hydrogen (secondary N) is 1. The van der Waals surface area contributed by atoms with Gasteiger partial charge in [-0.1, -0.05) is 31.9 Å². The highest BCUT2D eigenvalue weighted by atomic mass is 19.1. The molecule has 0 amide bonds. The maximum Gasteiger partial charge on any atom is 0.373 e. The molecule has 1 aromatic heterocycles. The molecule has 0 saturated heterocycles. The molecular weight excluding hydrogens is 381 g/mol. The first kappa shape index (κ1) is 21.3. The molecule has 0 atom stereocenters. The fraction of sp³-hybridized carbons (Fsp3) is 0.333. The number of aromatic amines is 1. The number of halogens is 1. The molecule has 0 bridgehead atoms. The second-order valence-electron chi connectivity index (χ2n) is 7.49. The van der Waals surface area contributed by atoms with Crippen molar-refractivity contribution in [2.75, 3.05) is 4.90 Å². The smallest absolute Gasteiger partial charge is 0.341 e. The van der Waals surface area contributed by atoms with Gasteiger partial charge in [0, 0.05) is 22.6 Å². The van der Waals surface area contributed by atoms with Gasteiger partial charge in [-0.15, -0.1) is 0 Å². The Morgan fingerprint density at radius 1 is 1.17 bits per heavy atom. The first-order chi connectivity index (χ1) is 14.5. The van der Waals surface area contributed by atoms with E-state index in [0.29, 0.717) is 18.0 Å². The third-order valence-electron chi connectivity index (χ3n) is 5.79. The standard InChI is InChI=1S/C23H24FN3.CO2/c1-3-17-9-10-19(13-21(17)24)27(18-6-4-5-7-18)23-15(2)20-11-8-16(14-25)12-22(20)26-23;2-1-3/h8-13,18,26H,3-7H2,1-2H3;. The van der Waals surface area contributed by atoms with Crippen molar-refractivity contribution < 1.29 is 14.0 Å². The Balaban J connectivity index is 0.000000806. The summed E-state index contributed by atoms with van der Waals surface area (Å²) in [5.74, 6) is 0.870. The number of H-pyrrole nitrogens is 1. The Kier molecular flexibility index (Phi) is 6.66. The summed E-state index contributed by atoms with van der Waals surface area (Å²) in [5, 5.41) is 10.3. The second kappa shape index (κ2) is 9.39. The lowest BCUT2D eigenvalue weighted by molar-refractivity contribution is -0.191. The van der Waals surface area contributed by atoms with E-state index in [1.165, 1.54) is 12.8 Å². The van der Waals surface area contributed by atoms with Gasteiger partial charge in [0.15, 0.2) is 0 Å². The number of carbonyl (C=O) groups excluding carboxylic acids is 2. The van der Waals surface area contributed by atoms with Gasteiger partial charge < -0.3 is 9.88 Å². The number of nitrogens with zero attached hydrogens (tertiary/aromatic N) is 2. The Bertz CT molecular complexity index is 1120. The Morgan fingerprint density at radius 3 is 2.47 bits per heavy atom. The van der Waals surface area contributed by atoms with Crippen LogP contribution in [0.4, 0.5) is 15.9 Å². The van der Waals surface area contributed by atoms with E-state index in [1.54, 1.807) is 6.07 Å². The van der Waals surface area contributed by atoms with E-state index in [-0.39, 0.29) is 12.0 Å². The first-order valence-electron chi connectivity index (χ1n) is 10.1. The van der Waals surface area contributed by atoms with Crippen molar-refractivity contribution in [2.24, 2.45) is 0 Å². The Hall–Kier alpha value is -3.42. The number of aryl methyl sites for hydroxylation is 2. The lowest BCUT2D eigenvalue weighted by atomic mass is 10.1. The number of nitriles is 1. The van der Waals surface area contributed by atoms with Crippen LogP contribution in [-0.4, -0.2) is 17.2 Å². The molecule has 1 aliphatic rings. The topological polar surface area (TPSA) is 77.0 Å². The van der Waals surface area contributed by atoms with Gasteiger partial charge in [-0.3, -0.25) is 0 Å². The van der Waals surface area contributed by atoms with Crippen LogP contribution in [0.25, 0.3) is 10.9 Å².